The minimum Gasteiger partial charge on any atom is -0.360 e. The number of fused-ring (bicyclic) bond motifs is 1. The normalized spacial score (nSPS) is 15.5. The zero-order valence-electron chi connectivity index (χ0n) is 15.6. The van der Waals surface area contributed by atoms with Crippen LogP contribution in [0.25, 0.3) is 5.65 Å². The third-order valence-corrected chi connectivity index (χ3v) is 5.64. The Kier molecular flexibility index (Phi) is 5.53. The van der Waals surface area contributed by atoms with Gasteiger partial charge >= 0.3 is 0 Å². The van der Waals surface area contributed by atoms with E-state index in [9.17, 15) is 0 Å². The minimum atomic E-state index is 0.698. The van der Waals surface area contributed by atoms with Gasteiger partial charge in [-0.25, -0.2) is 0 Å². The molecule has 0 radical (unpaired) electrons. The number of hydrogen-bond acceptors (Lipinski definition) is 5. The van der Waals surface area contributed by atoms with Gasteiger partial charge in [0, 0.05) is 51.9 Å². The molecule has 3 aromatic rings. The average Bonchev–Trinajstić information content (AvgIpc) is 3.38. The monoisotopic (exact) mass is 383 g/mol. The Balaban J connectivity index is 1.37. The molecule has 0 spiro atoms. The Labute approximate surface area is 163 Å². The summed E-state index contributed by atoms with van der Waals surface area (Å²) in [6.45, 7) is 7.71. The van der Waals surface area contributed by atoms with E-state index in [1.165, 1.54) is 5.00 Å². The van der Waals surface area contributed by atoms with Gasteiger partial charge in [-0.15, -0.1) is 21.5 Å². The number of rotatable bonds is 5. The van der Waals surface area contributed by atoms with Gasteiger partial charge in [0.05, 0.1) is 5.00 Å². The molecule has 4 heterocycles. The van der Waals surface area contributed by atoms with Crippen LogP contribution in [-0.4, -0.2) is 64.7 Å². The number of guanidine groups is 1. The second-order valence-corrected chi connectivity index (χ2v) is 7.38. The molecule has 0 aromatic carbocycles. The van der Waals surface area contributed by atoms with Gasteiger partial charge in [0.25, 0.3) is 0 Å². The van der Waals surface area contributed by atoms with Gasteiger partial charge in [-0.1, -0.05) is 6.07 Å². The van der Waals surface area contributed by atoms with Crippen molar-refractivity contribution in [3.8, 4) is 0 Å². The van der Waals surface area contributed by atoms with Gasteiger partial charge in [-0.3, -0.25) is 9.39 Å². The number of aliphatic imine (C=N–C) groups is 1. The fourth-order valence-corrected chi connectivity index (χ4v) is 4.12. The van der Waals surface area contributed by atoms with Gasteiger partial charge < -0.3 is 15.1 Å². The Morgan fingerprint density at radius 3 is 2.81 bits per heavy atom. The van der Waals surface area contributed by atoms with Crippen molar-refractivity contribution in [2.75, 3.05) is 44.2 Å². The second kappa shape index (κ2) is 8.39. The molecule has 1 aliphatic heterocycles. The lowest BCUT2D eigenvalue weighted by molar-refractivity contribution is 0.373. The summed E-state index contributed by atoms with van der Waals surface area (Å²) in [5, 5.41) is 15.4. The first-order chi connectivity index (χ1) is 13.3. The molecule has 1 aliphatic rings. The molecule has 0 atom stereocenters. The van der Waals surface area contributed by atoms with E-state index in [2.05, 4.69) is 49.8 Å². The van der Waals surface area contributed by atoms with Gasteiger partial charge in [0.2, 0.25) is 0 Å². The largest absolute Gasteiger partial charge is 0.360 e. The lowest BCUT2D eigenvalue weighted by Crippen LogP contribution is -2.52. The smallest absolute Gasteiger partial charge is 0.194 e. The highest BCUT2D eigenvalue weighted by Crippen LogP contribution is 2.22. The molecular weight excluding hydrogens is 358 g/mol. The van der Waals surface area contributed by atoms with Crippen LogP contribution < -0.4 is 10.2 Å². The van der Waals surface area contributed by atoms with Crippen LogP contribution in [-0.2, 0) is 6.42 Å². The molecular formula is C19H25N7S. The van der Waals surface area contributed by atoms with Crippen LogP contribution in [0.4, 0.5) is 5.00 Å². The molecule has 1 saturated heterocycles. The Morgan fingerprint density at radius 1 is 1.15 bits per heavy atom. The topological polar surface area (TPSA) is 61.1 Å². The summed E-state index contributed by atoms with van der Waals surface area (Å²) in [6.07, 6.45) is 2.78. The van der Waals surface area contributed by atoms with Gasteiger partial charge in [-0.05, 0) is 36.6 Å². The molecule has 0 unspecified atom stereocenters. The summed E-state index contributed by atoms with van der Waals surface area (Å²) in [7, 11) is 0. The summed E-state index contributed by atoms with van der Waals surface area (Å²) < 4.78 is 2.03. The SMILES string of the molecule is CCNC(=NCCc1nnc2ccccn12)N1CCN(c2cccs2)CC1. The van der Waals surface area contributed by atoms with Gasteiger partial charge in [-0.2, -0.15) is 0 Å². The summed E-state index contributed by atoms with van der Waals surface area (Å²) in [5.41, 5.74) is 0.882. The molecule has 0 aliphatic carbocycles. The maximum atomic E-state index is 4.84. The average molecular weight is 384 g/mol. The Bertz CT molecular complexity index is 879. The maximum Gasteiger partial charge on any atom is 0.194 e. The number of nitrogens with zero attached hydrogens (tertiary/aromatic N) is 6. The van der Waals surface area contributed by atoms with Crippen molar-refractivity contribution >= 4 is 27.9 Å². The van der Waals surface area contributed by atoms with Crippen molar-refractivity contribution in [3.63, 3.8) is 0 Å². The summed E-state index contributed by atoms with van der Waals surface area (Å²) >= 11 is 1.81. The molecule has 4 rings (SSSR count). The van der Waals surface area contributed by atoms with E-state index in [0.29, 0.717) is 6.54 Å². The fourth-order valence-electron chi connectivity index (χ4n) is 3.34. The number of thiophene rings is 1. The fraction of sp³-hybridized carbons (Fsp3) is 0.421. The summed E-state index contributed by atoms with van der Waals surface area (Å²) in [5.74, 6) is 1.95. The van der Waals surface area contributed by atoms with E-state index >= 15 is 0 Å². The van der Waals surface area contributed by atoms with Crippen molar-refractivity contribution in [2.24, 2.45) is 4.99 Å². The van der Waals surface area contributed by atoms with Crippen LogP contribution >= 0.6 is 11.3 Å². The number of hydrogen-bond donors (Lipinski definition) is 1. The van der Waals surface area contributed by atoms with E-state index in [0.717, 1.165) is 56.6 Å². The van der Waals surface area contributed by atoms with E-state index in [1.54, 1.807) is 0 Å². The molecule has 0 amide bonds. The number of nitrogens with one attached hydrogen (secondary N) is 1. The zero-order chi connectivity index (χ0) is 18.5. The van der Waals surface area contributed by atoms with E-state index in [1.807, 2.05) is 40.1 Å². The third-order valence-electron chi connectivity index (χ3n) is 4.71. The summed E-state index contributed by atoms with van der Waals surface area (Å²) in [6, 6.07) is 10.3. The molecule has 0 bridgehead atoms. The summed E-state index contributed by atoms with van der Waals surface area (Å²) in [4.78, 5) is 9.65. The van der Waals surface area contributed by atoms with E-state index in [-0.39, 0.29) is 0 Å². The number of aromatic nitrogens is 3. The predicted molar refractivity (Wildman–Crippen MR) is 111 cm³/mol. The highest BCUT2D eigenvalue weighted by atomic mass is 32.1. The number of pyridine rings is 1. The van der Waals surface area contributed by atoms with Crippen LogP contribution in [0.2, 0.25) is 0 Å². The van der Waals surface area contributed by atoms with Crippen molar-refractivity contribution in [1.82, 2.24) is 24.8 Å². The van der Waals surface area contributed by atoms with Crippen molar-refractivity contribution < 1.29 is 0 Å². The third kappa shape index (κ3) is 4.05. The van der Waals surface area contributed by atoms with E-state index in [4.69, 9.17) is 4.99 Å². The molecule has 3 aromatic heterocycles. The Morgan fingerprint density at radius 2 is 2.04 bits per heavy atom. The molecule has 27 heavy (non-hydrogen) atoms. The van der Waals surface area contributed by atoms with Crippen LogP contribution in [0.5, 0.6) is 0 Å². The second-order valence-electron chi connectivity index (χ2n) is 6.46. The first kappa shape index (κ1) is 17.8. The first-order valence-corrected chi connectivity index (χ1v) is 10.3. The molecule has 142 valence electrons. The number of anilines is 1. The molecule has 1 fully saturated rings. The lowest BCUT2D eigenvalue weighted by atomic mass is 10.3. The van der Waals surface area contributed by atoms with Crippen LogP contribution in [0, 0.1) is 0 Å². The molecule has 8 heteroatoms. The highest BCUT2D eigenvalue weighted by molar-refractivity contribution is 7.14. The van der Waals surface area contributed by atoms with Gasteiger partial charge in [0.15, 0.2) is 11.6 Å². The minimum absolute atomic E-state index is 0.698. The molecule has 1 N–H and O–H groups in total. The lowest BCUT2D eigenvalue weighted by Gasteiger charge is -2.37. The van der Waals surface area contributed by atoms with Crippen molar-refractivity contribution in [3.05, 3.63) is 47.7 Å². The van der Waals surface area contributed by atoms with E-state index < -0.39 is 0 Å². The van der Waals surface area contributed by atoms with Gasteiger partial charge in [0.1, 0.15) is 5.82 Å². The highest BCUT2D eigenvalue weighted by Gasteiger charge is 2.20. The van der Waals surface area contributed by atoms with Crippen LogP contribution in [0.1, 0.15) is 12.7 Å². The maximum absolute atomic E-state index is 4.84. The Hall–Kier alpha value is -2.61. The number of piperazine rings is 1. The first-order valence-electron chi connectivity index (χ1n) is 9.45. The molecule has 0 saturated carbocycles. The van der Waals surface area contributed by atoms with Crippen molar-refractivity contribution in [2.45, 2.75) is 13.3 Å². The van der Waals surface area contributed by atoms with Crippen LogP contribution in [0.15, 0.2) is 46.9 Å². The van der Waals surface area contributed by atoms with Crippen molar-refractivity contribution in [1.29, 1.82) is 0 Å². The standard InChI is InChI=1S/C19H25N7S/c1-2-20-19(25-13-11-24(12-14-25)18-7-5-15-27-18)21-9-8-17-23-22-16-6-3-4-10-26(16)17/h3-7,10,15H,2,8-9,11-14H2,1H3,(H,20,21). The predicted octanol–water partition coefficient (Wildman–Crippen LogP) is 2.12. The van der Waals surface area contributed by atoms with Crippen LogP contribution in [0.3, 0.4) is 0 Å². The zero-order valence-corrected chi connectivity index (χ0v) is 16.4. The molecule has 7 nitrogen and oxygen atoms in total. The quantitative estimate of drug-likeness (QED) is 0.540.